The van der Waals surface area contributed by atoms with Gasteiger partial charge in [0.15, 0.2) is 0 Å². The number of hydrogen-bond acceptors (Lipinski definition) is 3. The van der Waals surface area contributed by atoms with E-state index in [4.69, 9.17) is 11.6 Å². The molecule has 0 bridgehead atoms. The van der Waals surface area contributed by atoms with Crippen LogP contribution in [0.3, 0.4) is 0 Å². The van der Waals surface area contributed by atoms with Crippen molar-refractivity contribution in [3.63, 3.8) is 0 Å². The number of thioether (sulfide) groups is 1. The molecule has 110 valence electrons. The SMILES string of the molecule is CC1CNCCN1C(=O)CCCSc1ccc(Cl)cc1. The van der Waals surface area contributed by atoms with Crippen molar-refractivity contribution in [2.24, 2.45) is 0 Å². The zero-order valence-corrected chi connectivity index (χ0v) is 13.3. The van der Waals surface area contributed by atoms with Crippen LogP contribution in [0.15, 0.2) is 29.2 Å². The fraction of sp³-hybridized carbons (Fsp3) is 0.533. The highest BCUT2D eigenvalue weighted by molar-refractivity contribution is 7.99. The molecule has 1 heterocycles. The maximum Gasteiger partial charge on any atom is 0.222 e. The zero-order chi connectivity index (χ0) is 14.4. The molecule has 1 aromatic rings. The van der Waals surface area contributed by atoms with Crippen molar-refractivity contribution in [2.45, 2.75) is 30.7 Å². The van der Waals surface area contributed by atoms with Gasteiger partial charge in [-0.25, -0.2) is 0 Å². The molecular weight excluding hydrogens is 292 g/mol. The van der Waals surface area contributed by atoms with E-state index in [-0.39, 0.29) is 5.91 Å². The standard InChI is InChI=1S/C15H21ClN2OS/c1-12-11-17-8-9-18(12)15(19)3-2-10-20-14-6-4-13(16)5-7-14/h4-7,12,17H,2-3,8-11H2,1H3. The molecule has 5 heteroatoms. The lowest BCUT2D eigenvalue weighted by Gasteiger charge is -2.34. The van der Waals surface area contributed by atoms with E-state index in [1.54, 1.807) is 11.8 Å². The number of carbonyl (C=O) groups excluding carboxylic acids is 1. The van der Waals surface area contributed by atoms with Crippen LogP contribution in [0.5, 0.6) is 0 Å². The Balaban J connectivity index is 1.67. The molecule has 1 fully saturated rings. The summed E-state index contributed by atoms with van der Waals surface area (Å²) in [5.74, 6) is 1.25. The maximum atomic E-state index is 12.1. The molecule has 1 amide bonds. The second kappa shape index (κ2) is 7.91. The summed E-state index contributed by atoms with van der Waals surface area (Å²) >= 11 is 7.63. The van der Waals surface area contributed by atoms with Crippen LogP contribution >= 0.6 is 23.4 Å². The Morgan fingerprint density at radius 1 is 1.45 bits per heavy atom. The molecule has 0 radical (unpaired) electrons. The van der Waals surface area contributed by atoms with Crippen molar-refractivity contribution in [1.29, 1.82) is 0 Å². The molecule has 1 N–H and O–H groups in total. The van der Waals surface area contributed by atoms with Gasteiger partial charge in [-0.1, -0.05) is 11.6 Å². The molecule has 1 aliphatic heterocycles. The Labute approximate surface area is 130 Å². The first-order chi connectivity index (χ1) is 9.66. The summed E-state index contributed by atoms with van der Waals surface area (Å²) in [6.45, 7) is 4.76. The second-order valence-corrected chi connectivity index (χ2v) is 6.65. The quantitative estimate of drug-likeness (QED) is 0.670. The van der Waals surface area contributed by atoms with Gasteiger partial charge in [-0.3, -0.25) is 4.79 Å². The third kappa shape index (κ3) is 4.69. The van der Waals surface area contributed by atoms with Gasteiger partial charge in [0.25, 0.3) is 0 Å². The van der Waals surface area contributed by atoms with Gasteiger partial charge in [-0.15, -0.1) is 11.8 Å². The van der Waals surface area contributed by atoms with Crippen LogP contribution in [0.4, 0.5) is 0 Å². The molecule has 0 saturated carbocycles. The van der Waals surface area contributed by atoms with Gasteiger partial charge in [-0.2, -0.15) is 0 Å². The minimum Gasteiger partial charge on any atom is -0.337 e. The molecule has 20 heavy (non-hydrogen) atoms. The van der Waals surface area contributed by atoms with Crippen LogP contribution in [-0.2, 0) is 4.79 Å². The molecule has 0 spiro atoms. The van der Waals surface area contributed by atoms with E-state index < -0.39 is 0 Å². The monoisotopic (exact) mass is 312 g/mol. The van der Waals surface area contributed by atoms with Crippen LogP contribution in [0.25, 0.3) is 0 Å². The predicted octanol–water partition coefficient (Wildman–Crippen LogP) is 3.03. The molecule has 0 aliphatic carbocycles. The number of hydrogen-bond donors (Lipinski definition) is 1. The normalized spacial score (nSPS) is 19.1. The summed E-state index contributed by atoms with van der Waals surface area (Å²) in [5.41, 5.74) is 0. The van der Waals surface area contributed by atoms with Crippen LogP contribution in [0.2, 0.25) is 5.02 Å². The van der Waals surface area contributed by atoms with Crippen molar-refractivity contribution in [3.05, 3.63) is 29.3 Å². The fourth-order valence-electron chi connectivity index (χ4n) is 2.30. The van der Waals surface area contributed by atoms with Gasteiger partial charge in [0, 0.05) is 42.0 Å². The smallest absolute Gasteiger partial charge is 0.222 e. The highest BCUT2D eigenvalue weighted by Gasteiger charge is 2.22. The minimum absolute atomic E-state index is 0.288. The highest BCUT2D eigenvalue weighted by Crippen LogP contribution is 2.21. The number of benzene rings is 1. The van der Waals surface area contributed by atoms with E-state index in [2.05, 4.69) is 12.2 Å². The molecule has 3 nitrogen and oxygen atoms in total. The number of nitrogens with one attached hydrogen (secondary N) is 1. The molecule has 2 rings (SSSR count). The van der Waals surface area contributed by atoms with E-state index in [1.165, 1.54) is 4.90 Å². The molecule has 0 aromatic heterocycles. The van der Waals surface area contributed by atoms with E-state index >= 15 is 0 Å². The lowest BCUT2D eigenvalue weighted by atomic mass is 10.2. The Morgan fingerprint density at radius 3 is 2.90 bits per heavy atom. The van der Waals surface area contributed by atoms with Crippen molar-refractivity contribution in [1.82, 2.24) is 10.2 Å². The van der Waals surface area contributed by atoms with Gasteiger partial charge < -0.3 is 10.2 Å². The summed E-state index contributed by atoms with van der Waals surface area (Å²) < 4.78 is 0. The third-order valence-corrected chi connectivity index (χ3v) is 4.79. The summed E-state index contributed by atoms with van der Waals surface area (Å²) in [4.78, 5) is 15.3. The number of rotatable bonds is 5. The predicted molar refractivity (Wildman–Crippen MR) is 85.5 cm³/mol. The summed E-state index contributed by atoms with van der Waals surface area (Å²) in [7, 11) is 0. The van der Waals surface area contributed by atoms with Crippen molar-refractivity contribution in [2.75, 3.05) is 25.4 Å². The Bertz CT molecular complexity index is 438. The maximum absolute atomic E-state index is 12.1. The van der Waals surface area contributed by atoms with Gasteiger partial charge in [-0.05, 0) is 43.4 Å². The van der Waals surface area contributed by atoms with E-state index in [0.717, 1.165) is 36.8 Å². The number of nitrogens with zero attached hydrogens (tertiary/aromatic N) is 1. The summed E-state index contributed by atoms with van der Waals surface area (Å²) in [5, 5.41) is 4.07. The Hall–Kier alpha value is -0.710. The number of piperazine rings is 1. The van der Waals surface area contributed by atoms with E-state index in [1.807, 2.05) is 29.2 Å². The van der Waals surface area contributed by atoms with Gasteiger partial charge in [0.1, 0.15) is 0 Å². The van der Waals surface area contributed by atoms with Gasteiger partial charge in [0.05, 0.1) is 0 Å². The van der Waals surface area contributed by atoms with Gasteiger partial charge in [0.2, 0.25) is 5.91 Å². The minimum atomic E-state index is 0.288. The van der Waals surface area contributed by atoms with Crippen molar-refractivity contribution < 1.29 is 4.79 Å². The third-order valence-electron chi connectivity index (χ3n) is 3.44. The number of halogens is 1. The molecule has 1 unspecified atom stereocenters. The average molecular weight is 313 g/mol. The first kappa shape index (κ1) is 15.7. The molecular formula is C15H21ClN2OS. The number of carbonyl (C=O) groups is 1. The number of amides is 1. The van der Waals surface area contributed by atoms with E-state index in [0.29, 0.717) is 12.5 Å². The second-order valence-electron chi connectivity index (χ2n) is 5.05. The fourth-order valence-corrected chi connectivity index (χ4v) is 3.28. The summed E-state index contributed by atoms with van der Waals surface area (Å²) in [6, 6.07) is 8.16. The van der Waals surface area contributed by atoms with E-state index in [9.17, 15) is 4.79 Å². The largest absolute Gasteiger partial charge is 0.337 e. The van der Waals surface area contributed by atoms with Crippen LogP contribution in [0.1, 0.15) is 19.8 Å². The average Bonchev–Trinajstić information content (AvgIpc) is 2.46. The van der Waals surface area contributed by atoms with Crippen LogP contribution in [-0.4, -0.2) is 42.2 Å². The zero-order valence-electron chi connectivity index (χ0n) is 11.8. The Kier molecular flexibility index (Phi) is 6.20. The van der Waals surface area contributed by atoms with Crippen molar-refractivity contribution in [3.8, 4) is 0 Å². The summed E-state index contributed by atoms with van der Waals surface area (Å²) in [6.07, 6.45) is 1.56. The Morgan fingerprint density at radius 2 is 2.20 bits per heavy atom. The molecule has 1 saturated heterocycles. The van der Waals surface area contributed by atoms with Crippen LogP contribution in [0, 0.1) is 0 Å². The molecule has 1 atom stereocenters. The lowest BCUT2D eigenvalue weighted by molar-refractivity contribution is -0.133. The van der Waals surface area contributed by atoms with Crippen molar-refractivity contribution >= 4 is 29.3 Å². The topological polar surface area (TPSA) is 32.3 Å². The molecule has 1 aromatic carbocycles. The lowest BCUT2D eigenvalue weighted by Crippen LogP contribution is -2.52. The first-order valence-corrected chi connectivity index (χ1v) is 8.42. The first-order valence-electron chi connectivity index (χ1n) is 7.05. The highest BCUT2D eigenvalue weighted by atomic mass is 35.5. The molecule has 1 aliphatic rings. The van der Waals surface area contributed by atoms with Crippen LogP contribution < -0.4 is 5.32 Å². The van der Waals surface area contributed by atoms with Gasteiger partial charge >= 0.3 is 0 Å².